The highest BCUT2D eigenvalue weighted by molar-refractivity contribution is 5.81. The molecule has 5 heterocycles. The molecule has 0 radical (unpaired) electrons. The van der Waals surface area contributed by atoms with Gasteiger partial charge >= 0.3 is 0 Å². The summed E-state index contributed by atoms with van der Waals surface area (Å²) in [5, 5.41) is 6.14. The molecule has 1 aliphatic carbocycles. The average molecular weight is 462 g/mol. The number of benzene rings is 1. The van der Waals surface area contributed by atoms with E-state index in [-0.39, 0.29) is 23.2 Å². The van der Waals surface area contributed by atoms with Crippen LogP contribution in [0, 0.1) is 18.8 Å². The van der Waals surface area contributed by atoms with E-state index >= 15 is 0 Å². The fourth-order valence-corrected chi connectivity index (χ4v) is 6.14. The van der Waals surface area contributed by atoms with Crippen molar-refractivity contribution in [3.63, 3.8) is 0 Å². The predicted molar refractivity (Wildman–Crippen MR) is 127 cm³/mol. The minimum Gasteiger partial charge on any atom is -0.369 e. The molecule has 8 nitrogen and oxygen atoms in total. The zero-order valence-electron chi connectivity index (χ0n) is 20.2. The van der Waals surface area contributed by atoms with Crippen LogP contribution in [-0.2, 0) is 25.4 Å². The van der Waals surface area contributed by atoms with E-state index in [0.717, 1.165) is 42.8 Å². The molecular formula is C26H31N5O3. The van der Waals surface area contributed by atoms with Crippen LogP contribution in [-0.4, -0.2) is 59.4 Å². The number of aryl methyl sites for hydroxylation is 1. The zero-order chi connectivity index (χ0) is 23.7. The Morgan fingerprint density at radius 2 is 2.09 bits per heavy atom. The molecule has 3 saturated heterocycles. The number of hydroxylamine groups is 2. The molecule has 1 amide bonds. The number of carbonyl (C=O) groups is 1. The van der Waals surface area contributed by atoms with Gasteiger partial charge in [-0.25, -0.2) is 14.6 Å². The highest BCUT2D eigenvalue weighted by Gasteiger charge is 2.67. The second-order valence-corrected chi connectivity index (χ2v) is 10.3. The lowest BCUT2D eigenvalue weighted by molar-refractivity contribution is -0.189. The predicted octanol–water partition coefficient (Wildman–Crippen LogP) is 3.09. The number of fused-ring (bicyclic) bond motifs is 2. The Balaban J connectivity index is 1.31. The summed E-state index contributed by atoms with van der Waals surface area (Å²) in [7, 11) is 3.14. The third kappa shape index (κ3) is 3.01. The number of hydrogen-bond donors (Lipinski definition) is 0. The molecule has 3 aliphatic heterocycles. The second kappa shape index (κ2) is 7.52. The van der Waals surface area contributed by atoms with Crippen molar-refractivity contribution in [2.24, 2.45) is 11.8 Å². The number of amides is 1. The summed E-state index contributed by atoms with van der Waals surface area (Å²) in [6.45, 7) is 6.92. The number of anilines is 1. The standard InChI is InChI=1S/C26H31N5O3/c1-17-12-20(30-11-10-25(2,16-30)19-8-6-5-7-9-19)14-31-22(17)27-24(28-31)26-13-18(15-34-26)21(26)23(32)29(3)33-4/h5-9,12,14,18,21H,10-11,13,15-16H2,1-4H3/t18?,21?,25-,26?/m0/s1. The van der Waals surface area contributed by atoms with Gasteiger partial charge < -0.3 is 9.64 Å². The van der Waals surface area contributed by atoms with Crippen molar-refractivity contribution in [2.75, 3.05) is 38.8 Å². The number of aromatic nitrogens is 3. The van der Waals surface area contributed by atoms with Gasteiger partial charge in [-0.05, 0) is 37.0 Å². The van der Waals surface area contributed by atoms with Crippen LogP contribution in [0.2, 0.25) is 0 Å². The molecule has 7 rings (SSSR count). The van der Waals surface area contributed by atoms with Crippen molar-refractivity contribution in [3.05, 3.63) is 59.5 Å². The Hall–Kier alpha value is -2.97. The third-order valence-electron chi connectivity index (χ3n) is 8.24. The molecule has 4 atom stereocenters. The van der Waals surface area contributed by atoms with E-state index in [1.165, 1.54) is 17.7 Å². The highest BCUT2D eigenvalue weighted by atomic mass is 16.7. The Bertz CT molecular complexity index is 1260. The Morgan fingerprint density at radius 3 is 2.82 bits per heavy atom. The van der Waals surface area contributed by atoms with Gasteiger partial charge in [0.2, 0.25) is 0 Å². The molecule has 34 heavy (non-hydrogen) atoms. The first-order valence-electron chi connectivity index (χ1n) is 12.0. The normalized spacial score (nSPS) is 30.1. The van der Waals surface area contributed by atoms with Crippen LogP contribution in [0.4, 0.5) is 5.69 Å². The van der Waals surface area contributed by atoms with Gasteiger partial charge in [0.05, 0.1) is 31.5 Å². The van der Waals surface area contributed by atoms with E-state index in [9.17, 15) is 4.79 Å². The van der Waals surface area contributed by atoms with Crippen molar-refractivity contribution in [1.29, 1.82) is 0 Å². The molecule has 4 aliphatic rings. The number of pyridine rings is 1. The van der Waals surface area contributed by atoms with Crippen molar-refractivity contribution < 1.29 is 14.4 Å². The van der Waals surface area contributed by atoms with E-state index in [0.29, 0.717) is 12.4 Å². The fraction of sp³-hybridized carbons (Fsp3) is 0.500. The summed E-state index contributed by atoms with van der Waals surface area (Å²) in [5.41, 5.74) is 3.76. The quantitative estimate of drug-likeness (QED) is 0.544. The first-order chi connectivity index (χ1) is 16.3. The van der Waals surface area contributed by atoms with Gasteiger partial charge in [0, 0.05) is 31.5 Å². The van der Waals surface area contributed by atoms with Gasteiger partial charge in [0.15, 0.2) is 11.5 Å². The van der Waals surface area contributed by atoms with Crippen LogP contribution in [0.3, 0.4) is 0 Å². The summed E-state index contributed by atoms with van der Waals surface area (Å²) in [4.78, 5) is 25.4. The zero-order valence-corrected chi connectivity index (χ0v) is 20.2. The highest BCUT2D eigenvalue weighted by Crippen LogP contribution is 2.59. The molecule has 178 valence electrons. The summed E-state index contributed by atoms with van der Waals surface area (Å²) in [6, 6.07) is 13.0. The number of rotatable bonds is 5. The molecule has 8 heteroatoms. The first-order valence-corrected chi connectivity index (χ1v) is 12.0. The fourth-order valence-electron chi connectivity index (χ4n) is 6.14. The Labute approximate surface area is 199 Å². The van der Waals surface area contributed by atoms with Gasteiger partial charge in [-0.3, -0.25) is 9.63 Å². The van der Waals surface area contributed by atoms with E-state index in [2.05, 4.69) is 61.3 Å². The van der Waals surface area contributed by atoms with Crippen LogP contribution in [0.25, 0.3) is 5.65 Å². The number of carbonyl (C=O) groups excluding carboxylic acids is 1. The minimum absolute atomic E-state index is 0.0789. The third-order valence-corrected chi connectivity index (χ3v) is 8.24. The molecule has 3 aromatic rings. The molecule has 3 unspecified atom stereocenters. The Morgan fingerprint density at radius 1 is 1.29 bits per heavy atom. The average Bonchev–Trinajstić information content (AvgIpc) is 3.61. The van der Waals surface area contributed by atoms with Crippen LogP contribution in [0.1, 0.15) is 36.7 Å². The van der Waals surface area contributed by atoms with Gasteiger partial charge in [-0.2, -0.15) is 0 Å². The number of nitrogens with zero attached hydrogens (tertiary/aromatic N) is 5. The summed E-state index contributed by atoms with van der Waals surface area (Å²) >= 11 is 0. The van der Waals surface area contributed by atoms with E-state index in [1.807, 2.05) is 4.52 Å². The van der Waals surface area contributed by atoms with Crippen LogP contribution in [0.15, 0.2) is 42.6 Å². The molecule has 2 aromatic heterocycles. The smallest absolute Gasteiger partial charge is 0.252 e. The lowest BCUT2D eigenvalue weighted by atomic mass is 9.63. The summed E-state index contributed by atoms with van der Waals surface area (Å²) in [6.07, 6.45) is 3.94. The van der Waals surface area contributed by atoms with Crippen LogP contribution < -0.4 is 4.90 Å². The molecular weight excluding hydrogens is 430 g/mol. The molecule has 4 fully saturated rings. The van der Waals surface area contributed by atoms with E-state index in [4.69, 9.17) is 19.7 Å². The maximum absolute atomic E-state index is 12.9. The molecule has 2 bridgehead atoms. The number of ether oxygens (including phenoxy) is 1. The largest absolute Gasteiger partial charge is 0.369 e. The minimum atomic E-state index is -0.757. The number of hydrogen-bond acceptors (Lipinski definition) is 6. The monoisotopic (exact) mass is 461 g/mol. The topological polar surface area (TPSA) is 72.2 Å². The van der Waals surface area contributed by atoms with E-state index < -0.39 is 5.60 Å². The SMILES string of the molecule is CON(C)C(=O)C1C2COC1(c1nc3c(C)cc(N4CC[C@](C)(c5ccccc5)C4)cn3n1)C2. The lowest BCUT2D eigenvalue weighted by Gasteiger charge is -2.42. The van der Waals surface area contributed by atoms with Crippen molar-refractivity contribution >= 4 is 17.2 Å². The molecule has 0 spiro atoms. The van der Waals surface area contributed by atoms with Crippen LogP contribution in [0.5, 0.6) is 0 Å². The molecule has 1 saturated carbocycles. The first kappa shape index (κ1) is 21.6. The van der Waals surface area contributed by atoms with Crippen molar-refractivity contribution in [3.8, 4) is 0 Å². The van der Waals surface area contributed by atoms with Crippen molar-refractivity contribution in [2.45, 2.75) is 37.7 Å². The Kier molecular flexibility index (Phi) is 4.76. The van der Waals surface area contributed by atoms with Crippen LogP contribution >= 0.6 is 0 Å². The molecule has 0 N–H and O–H groups in total. The lowest BCUT2D eigenvalue weighted by Crippen LogP contribution is -2.53. The van der Waals surface area contributed by atoms with Gasteiger partial charge in [-0.1, -0.05) is 37.3 Å². The van der Waals surface area contributed by atoms with E-state index in [1.54, 1.807) is 7.05 Å². The van der Waals surface area contributed by atoms with Gasteiger partial charge in [0.1, 0.15) is 5.60 Å². The van der Waals surface area contributed by atoms with Gasteiger partial charge in [-0.15, -0.1) is 5.10 Å². The summed E-state index contributed by atoms with van der Waals surface area (Å²) < 4.78 is 8.02. The maximum Gasteiger partial charge on any atom is 0.252 e. The second-order valence-electron chi connectivity index (χ2n) is 10.3. The van der Waals surface area contributed by atoms with Crippen molar-refractivity contribution in [1.82, 2.24) is 19.7 Å². The summed E-state index contributed by atoms with van der Waals surface area (Å²) in [5.74, 6) is 0.401. The maximum atomic E-state index is 12.9. The molecule has 1 aromatic carbocycles. The van der Waals surface area contributed by atoms with Gasteiger partial charge in [0.25, 0.3) is 5.91 Å².